The van der Waals surface area contributed by atoms with Gasteiger partial charge >= 0.3 is 0 Å². The molecule has 0 bridgehead atoms. The van der Waals surface area contributed by atoms with E-state index < -0.39 is 0 Å². The first kappa shape index (κ1) is 15.0. The Morgan fingerprint density at radius 2 is 1.95 bits per heavy atom. The molecule has 1 amide bonds. The van der Waals surface area contributed by atoms with Crippen LogP contribution in [0.5, 0.6) is 0 Å². The van der Waals surface area contributed by atoms with Crippen LogP contribution in [0.2, 0.25) is 0 Å². The average Bonchev–Trinajstić information content (AvgIpc) is 2.47. The molecule has 0 saturated heterocycles. The van der Waals surface area contributed by atoms with Crippen molar-refractivity contribution in [1.29, 1.82) is 0 Å². The van der Waals surface area contributed by atoms with Gasteiger partial charge in [0, 0.05) is 12.1 Å². The fourth-order valence-electron chi connectivity index (χ4n) is 3.16. The normalized spacial score (nSPS) is 22.6. The smallest absolute Gasteiger partial charge is 0.251 e. The van der Waals surface area contributed by atoms with Gasteiger partial charge in [0.15, 0.2) is 0 Å². The van der Waals surface area contributed by atoms with Crippen molar-refractivity contribution < 1.29 is 4.79 Å². The number of aryl methyl sites for hydroxylation is 2. The van der Waals surface area contributed by atoms with E-state index in [0.29, 0.717) is 11.8 Å². The summed E-state index contributed by atoms with van der Waals surface area (Å²) in [6.07, 6.45) is 4.94. The van der Waals surface area contributed by atoms with Gasteiger partial charge in [-0.1, -0.05) is 30.5 Å². The van der Waals surface area contributed by atoms with Gasteiger partial charge < -0.3 is 11.1 Å². The highest BCUT2D eigenvalue weighted by atomic mass is 16.1. The van der Waals surface area contributed by atoms with Crippen molar-refractivity contribution >= 4 is 5.91 Å². The molecule has 1 aromatic carbocycles. The lowest BCUT2D eigenvalue weighted by Gasteiger charge is -2.30. The summed E-state index contributed by atoms with van der Waals surface area (Å²) in [4.78, 5) is 12.3. The molecular weight excluding hydrogens is 248 g/mol. The first-order chi connectivity index (χ1) is 9.61. The van der Waals surface area contributed by atoms with Gasteiger partial charge in [0.05, 0.1) is 0 Å². The third-order valence-electron chi connectivity index (χ3n) is 4.53. The summed E-state index contributed by atoms with van der Waals surface area (Å²) in [5.74, 6) is 1.16. The number of nitrogens with one attached hydrogen (secondary N) is 1. The first-order valence-corrected chi connectivity index (χ1v) is 7.67. The minimum atomic E-state index is 0.0487. The fourth-order valence-corrected chi connectivity index (χ4v) is 3.16. The molecule has 1 aliphatic carbocycles. The maximum absolute atomic E-state index is 12.3. The topological polar surface area (TPSA) is 55.1 Å². The van der Waals surface area contributed by atoms with E-state index in [1.54, 1.807) is 0 Å². The summed E-state index contributed by atoms with van der Waals surface area (Å²) in [5, 5.41) is 3.11. The van der Waals surface area contributed by atoms with Gasteiger partial charge in [-0.3, -0.25) is 4.79 Å². The van der Waals surface area contributed by atoms with Crippen LogP contribution in [0.3, 0.4) is 0 Å². The lowest BCUT2D eigenvalue weighted by molar-refractivity contribution is 0.0934. The summed E-state index contributed by atoms with van der Waals surface area (Å²) in [6.45, 7) is 5.50. The standard InChI is InChI=1S/C17H26N2O/c1-12-7-8-13(2)16(9-12)17(20)19-11-15-6-4-3-5-14(15)10-18/h7-9,14-15H,3-6,10-11,18H2,1-2H3,(H,19,20). The third-order valence-corrected chi connectivity index (χ3v) is 4.53. The zero-order valence-electron chi connectivity index (χ0n) is 12.6. The van der Waals surface area contributed by atoms with Crippen molar-refractivity contribution in [3.8, 4) is 0 Å². The Morgan fingerprint density at radius 3 is 2.65 bits per heavy atom. The second-order valence-electron chi connectivity index (χ2n) is 6.07. The van der Waals surface area contributed by atoms with Gasteiger partial charge in [0.1, 0.15) is 0 Å². The number of hydrogen-bond donors (Lipinski definition) is 2. The van der Waals surface area contributed by atoms with Crippen LogP contribution in [0.25, 0.3) is 0 Å². The third kappa shape index (κ3) is 3.60. The molecule has 20 heavy (non-hydrogen) atoms. The predicted molar refractivity (Wildman–Crippen MR) is 82.8 cm³/mol. The minimum absolute atomic E-state index is 0.0487. The summed E-state index contributed by atoms with van der Waals surface area (Å²) >= 11 is 0. The quantitative estimate of drug-likeness (QED) is 0.887. The highest BCUT2D eigenvalue weighted by Crippen LogP contribution is 2.28. The van der Waals surface area contributed by atoms with E-state index in [0.717, 1.165) is 29.8 Å². The lowest BCUT2D eigenvalue weighted by atomic mass is 9.79. The number of carbonyl (C=O) groups is 1. The Labute approximate surface area is 121 Å². The van der Waals surface area contributed by atoms with Crippen molar-refractivity contribution in [2.45, 2.75) is 39.5 Å². The van der Waals surface area contributed by atoms with E-state index in [-0.39, 0.29) is 5.91 Å². The zero-order valence-corrected chi connectivity index (χ0v) is 12.6. The van der Waals surface area contributed by atoms with Crippen LogP contribution < -0.4 is 11.1 Å². The lowest BCUT2D eigenvalue weighted by Crippen LogP contribution is -2.37. The van der Waals surface area contributed by atoms with Crippen LogP contribution in [-0.2, 0) is 0 Å². The molecule has 3 heteroatoms. The summed E-state index contributed by atoms with van der Waals surface area (Å²) in [6, 6.07) is 6.01. The van der Waals surface area contributed by atoms with Crippen molar-refractivity contribution in [3.63, 3.8) is 0 Å². The van der Waals surface area contributed by atoms with Crippen molar-refractivity contribution in [2.75, 3.05) is 13.1 Å². The fraction of sp³-hybridized carbons (Fsp3) is 0.588. The number of carbonyl (C=O) groups excluding carboxylic acids is 1. The number of nitrogens with two attached hydrogens (primary N) is 1. The van der Waals surface area contributed by atoms with Gasteiger partial charge in [-0.2, -0.15) is 0 Å². The summed E-state index contributed by atoms with van der Waals surface area (Å²) in [7, 11) is 0. The Kier molecular flexibility index (Phi) is 5.18. The number of amides is 1. The van der Waals surface area contributed by atoms with Gasteiger partial charge in [-0.05, 0) is 56.7 Å². The predicted octanol–water partition coefficient (Wildman–Crippen LogP) is 2.80. The molecule has 2 atom stereocenters. The molecule has 1 saturated carbocycles. The highest BCUT2D eigenvalue weighted by molar-refractivity contribution is 5.95. The Morgan fingerprint density at radius 1 is 1.25 bits per heavy atom. The van der Waals surface area contributed by atoms with Gasteiger partial charge in [0.25, 0.3) is 5.91 Å². The Balaban J connectivity index is 1.96. The second-order valence-corrected chi connectivity index (χ2v) is 6.07. The van der Waals surface area contributed by atoms with Crippen LogP contribution in [0.15, 0.2) is 18.2 Å². The van der Waals surface area contributed by atoms with Crippen LogP contribution >= 0.6 is 0 Å². The molecule has 0 heterocycles. The molecule has 110 valence electrons. The molecule has 2 unspecified atom stereocenters. The largest absolute Gasteiger partial charge is 0.352 e. The van der Waals surface area contributed by atoms with Crippen molar-refractivity contribution in [2.24, 2.45) is 17.6 Å². The molecule has 1 aromatic rings. The van der Waals surface area contributed by atoms with E-state index in [1.807, 2.05) is 32.0 Å². The van der Waals surface area contributed by atoms with E-state index in [9.17, 15) is 4.79 Å². The van der Waals surface area contributed by atoms with E-state index in [1.165, 1.54) is 25.7 Å². The van der Waals surface area contributed by atoms with Crippen molar-refractivity contribution in [3.05, 3.63) is 34.9 Å². The van der Waals surface area contributed by atoms with Gasteiger partial charge in [0.2, 0.25) is 0 Å². The van der Waals surface area contributed by atoms with Crippen molar-refractivity contribution in [1.82, 2.24) is 5.32 Å². The molecule has 1 aliphatic rings. The van der Waals surface area contributed by atoms with Crippen LogP contribution in [0.4, 0.5) is 0 Å². The molecule has 0 radical (unpaired) electrons. The van der Waals surface area contributed by atoms with E-state index in [2.05, 4.69) is 5.32 Å². The zero-order chi connectivity index (χ0) is 14.5. The first-order valence-electron chi connectivity index (χ1n) is 7.67. The average molecular weight is 274 g/mol. The highest BCUT2D eigenvalue weighted by Gasteiger charge is 2.24. The number of rotatable bonds is 4. The minimum Gasteiger partial charge on any atom is -0.352 e. The molecule has 3 nitrogen and oxygen atoms in total. The maximum Gasteiger partial charge on any atom is 0.251 e. The molecular formula is C17H26N2O. The van der Waals surface area contributed by atoms with Crippen LogP contribution in [-0.4, -0.2) is 19.0 Å². The molecule has 0 spiro atoms. The Bertz CT molecular complexity index is 470. The molecule has 3 N–H and O–H groups in total. The Hall–Kier alpha value is -1.35. The summed E-state index contributed by atoms with van der Waals surface area (Å²) < 4.78 is 0. The van der Waals surface area contributed by atoms with E-state index >= 15 is 0 Å². The number of hydrogen-bond acceptors (Lipinski definition) is 2. The van der Waals surface area contributed by atoms with Gasteiger partial charge in [-0.25, -0.2) is 0 Å². The molecule has 0 aromatic heterocycles. The second kappa shape index (κ2) is 6.89. The van der Waals surface area contributed by atoms with Crippen LogP contribution in [0, 0.1) is 25.7 Å². The monoisotopic (exact) mass is 274 g/mol. The van der Waals surface area contributed by atoms with E-state index in [4.69, 9.17) is 5.73 Å². The molecule has 2 rings (SSSR count). The molecule has 1 fully saturated rings. The summed E-state index contributed by atoms with van der Waals surface area (Å²) in [5.41, 5.74) is 8.80. The molecule has 0 aliphatic heterocycles. The van der Waals surface area contributed by atoms with Gasteiger partial charge in [-0.15, -0.1) is 0 Å². The van der Waals surface area contributed by atoms with Crippen LogP contribution in [0.1, 0.15) is 47.2 Å². The maximum atomic E-state index is 12.3. The number of benzene rings is 1. The SMILES string of the molecule is Cc1ccc(C)c(C(=O)NCC2CCCCC2CN)c1.